The first-order valence-corrected chi connectivity index (χ1v) is 6.84. The molecule has 5 heteroatoms. The van der Waals surface area contributed by atoms with Crippen molar-refractivity contribution < 1.29 is 4.74 Å². The molecule has 0 saturated carbocycles. The van der Waals surface area contributed by atoms with Crippen molar-refractivity contribution >= 4 is 11.8 Å². The van der Waals surface area contributed by atoms with Crippen LogP contribution in [0.1, 0.15) is 19.3 Å². The number of piperidine rings is 1. The van der Waals surface area contributed by atoms with E-state index in [1.165, 1.54) is 19.3 Å². The summed E-state index contributed by atoms with van der Waals surface area (Å²) in [7, 11) is 0. The molecule has 0 aromatic carbocycles. The Bertz CT molecular complexity index is 353. The number of ether oxygens (including phenoxy) is 1. The molecule has 0 spiro atoms. The van der Waals surface area contributed by atoms with E-state index < -0.39 is 0 Å². The Morgan fingerprint density at radius 1 is 0.944 bits per heavy atom. The highest BCUT2D eigenvalue weighted by Crippen LogP contribution is 2.19. The summed E-state index contributed by atoms with van der Waals surface area (Å²) >= 11 is 0. The first-order valence-electron chi connectivity index (χ1n) is 6.84. The van der Waals surface area contributed by atoms with Crippen molar-refractivity contribution in [3.8, 4) is 0 Å². The van der Waals surface area contributed by atoms with Gasteiger partial charge in [-0.15, -0.1) is 0 Å². The van der Waals surface area contributed by atoms with Crippen LogP contribution in [-0.2, 0) is 4.74 Å². The zero-order chi connectivity index (χ0) is 12.2. The zero-order valence-electron chi connectivity index (χ0n) is 10.7. The molecule has 1 aromatic rings. The average molecular weight is 248 g/mol. The number of anilines is 2. The van der Waals surface area contributed by atoms with Crippen molar-refractivity contribution in [2.24, 2.45) is 0 Å². The Morgan fingerprint density at radius 3 is 2.50 bits per heavy atom. The van der Waals surface area contributed by atoms with Crippen molar-refractivity contribution in [2.75, 3.05) is 49.2 Å². The summed E-state index contributed by atoms with van der Waals surface area (Å²) in [6.45, 7) is 5.62. The lowest BCUT2D eigenvalue weighted by molar-refractivity contribution is 0.122. The van der Waals surface area contributed by atoms with Crippen LogP contribution >= 0.6 is 0 Å². The van der Waals surface area contributed by atoms with Crippen LogP contribution in [-0.4, -0.2) is 49.4 Å². The number of nitrogens with zero attached hydrogens (tertiary/aromatic N) is 4. The second-order valence-electron chi connectivity index (χ2n) is 4.86. The van der Waals surface area contributed by atoms with Gasteiger partial charge in [0.2, 0.25) is 5.95 Å². The highest BCUT2D eigenvalue weighted by Gasteiger charge is 2.16. The van der Waals surface area contributed by atoms with Crippen LogP contribution < -0.4 is 9.80 Å². The third-order valence-electron chi connectivity index (χ3n) is 3.60. The second kappa shape index (κ2) is 5.52. The van der Waals surface area contributed by atoms with Gasteiger partial charge in [-0.05, 0) is 25.3 Å². The molecule has 2 saturated heterocycles. The molecule has 0 radical (unpaired) electrons. The van der Waals surface area contributed by atoms with Crippen molar-refractivity contribution in [1.82, 2.24) is 9.97 Å². The predicted octanol–water partition coefficient (Wildman–Crippen LogP) is 1.30. The van der Waals surface area contributed by atoms with Gasteiger partial charge < -0.3 is 14.5 Å². The molecule has 0 aliphatic carbocycles. The van der Waals surface area contributed by atoms with Gasteiger partial charge in [0.25, 0.3) is 0 Å². The molecule has 18 heavy (non-hydrogen) atoms. The Labute approximate surface area is 108 Å². The lowest BCUT2D eigenvalue weighted by atomic mass is 10.1. The van der Waals surface area contributed by atoms with Gasteiger partial charge in [0.15, 0.2) is 0 Å². The summed E-state index contributed by atoms with van der Waals surface area (Å²) in [6, 6.07) is 2.00. The topological polar surface area (TPSA) is 41.5 Å². The van der Waals surface area contributed by atoms with Crippen molar-refractivity contribution in [3.63, 3.8) is 0 Å². The fraction of sp³-hybridized carbons (Fsp3) is 0.692. The largest absolute Gasteiger partial charge is 0.378 e. The molecule has 2 fully saturated rings. The SMILES string of the molecule is c1cc(N2CCOCC2)nc(N2CCCCC2)n1. The van der Waals surface area contributed by atoms with Crippen LogP contribution in [0.25, 0.3) is 0 Å². The van der Waals surface area contributed by atoms with Crippen LogP contribution in [0.4, 0.5) is 11.8 Å². The van der Waals surface area contributed by atoms with Gasteiger partial charge >= 0.3 is 0 Å². The molecule has 0 bridgehead atoms. The van der Waals surface area contributed by atoms with Gasteiger partial charge in [0.05, 0.1) is 13.2 Å². The Kier molecular flexibility index (Phi) is 3.59. The van der Waals surface area contributed by atoms with Crippen LogP contribution in [0, 0.1) is 0 Å². The van der Waals surface area contributed by atoms with E-state index >= 15 is 0 Å². The lowest BCUT2D eigenvalue weighted by Gasteiger charge is -2.30. The minimum absolute atomic E-state index is 0.795. The van der Waals surface area contributed by atoms with Crippen molar-refractivity contribution in [2.45, 2.75) is 19.3 Å². The molecule has 3 rings (SSSR count). The molecule has 1 aromatic heterocycles. The van der Waals surface area contributed by atoms with Gasteiger partial charge in [-0.1, -0.05) is 0 Å². The third-order valence-corrected chi connectivity index (χ3v) is 3.60. The summed E-state index contributed by atoms with van der Waals surface area (Å²) < 4.78 is 5.37. The highest BCUT2D eigenvalue weighted by atomic mass is 16.5. The molecule has 5 nitrogen and oxygen atoms in total. The van der Waals surface area contributed by atoms with E-state index in [1.54, 1.807) is 0 Å². The highest BCUT2D eigenvalue weighted by molar-refractivity contribution is 5.44. The van der Waals surface area contributed by atoms with Crippen molar-refractivity contribution in [3.05, 3.63) is 12.3 Å². The fourth-order valence-electron chi connectivity index (χ4n) is 2.55. The van der Waals surface area contributed by atoms with E-state index in [0.717, 1.165) is 51.2 Å². The zero-order valence-corrected chi connectivity index (χ0v) is 10.7. The maximum Gasteiger partial charge on any atom is 0.227 e. The number of morpholine rings is 1. The molecule has 3 heterocycles. The predicted molar refractivity (Wildman–Crippen MR) is 71.1 cm³/mol. The van der Waals surface area contributed by atoms with Gasteiger partial charge in [-0.3, -0.25) is 0 Å². The maximum atomic E-state index is 5.37. The van der Waals surface area contributed by atoms with Crippen molar-refractivity contribution in [1.29, 1.82) is 0 Å². The van der Waals surface area contributed by atoms with E-state index in [4.69, 9.17) is 9.72 Å². The number of rotatable bonds is 2. The monoisotopic (exact) mass is 248 g/mol. The molecule has 0 atom stereocenters. The van der Waals surface area contributed by atoms with Crippen LogP contribution in [0.15, 0.2) is 12.3 Å². The first-order chi connectivity index (χ1) is 8.93. The van der Waals surface area contributed by atoms with Gasteiger partial charge in [-0.25, -0.2) is 4.98 Å². The summed E-state index contributed by atoms with van der Waals surface area (Å²) in [5, 5.41) is 0. The Balaban J connectivity index is 1.75. The molecular formula is C13H20N4O. The van der Waals surface area contributed by atoms with Crippen LogP contribution in [0.5, 0.6) is 0 Å². The fourth-order valence-corrected chi connectivity index (χ4v) is 2.55. The first kappa shape index (κ1) is 11.7. The average Bonchev–Trinajstić information content (AvgIpc) is 2.49. The minimum Gasteiger partial charge on any atom is -0.378 e. The molecule has 2 aliphatic heterocycles. The lowest BCUT2D eigenvalue weighted by Crippen LogP contribution is -2.37. The minimum atomic E-state index is 0.795. The number of aromatic nitrogens is 2. The molecule has 2 aliphatic rings. The molecule has 0 amide bonds. The molecule has 98 valence electrons. The van der Waals surface area contributed by atoms with Gasteiger partial charge in [0.1, 0.15) is 5.82 Å². The standard InChI is InChI=1S/C13H20N4O/c1-2-6-17(7-3-1)13-14-5-4-12(15-13)16-8-10-18-11-9-16/h4-5H,1-3,6-11H2. The quantitative estimate of drug-likeness (QED) is 0.789. The van der Waals surface area contributed by atoms with E-state index in [-0.39, 0.29) is 0 Å². The van der Waals surface area contributed by atoms with E-state index in [9.17, 15) is 0 Å². The number of hydrogen-bond acceptors (Lipinski definition) is 5. The van der Waals surface area contributed by atoms with Gasteiger partial charge in [0, 0.05) is 32.4 Å². The van der Waals surface area contributed by atoms with Crippen LogP contribution in [0.3, 0.4) is 0 Å². The second-order valence-corrected chi connectivity index (χ2v) is 4.86. The molecule has 0 N–H and O–H groups in total. The summed E-state index contributed by atoms with van der Waals surface area (Å²) in [6.07, 6.45) is 5.72. The van der Waals surface area contributed by atoms with Crippen LogP contribution in [0.2, 0.25) is 0 Å². The maximum absolute atomic E-state index is 5.37. The molecular weight excluding hydrogens is 228 g/mol. The Hall–Kier alpha value is -1.36. The Morgan fingerprint density at radius 2 is 1.72 bits per heavy atom. The van der Waals surface area contributed by atoms with Gasteiger partial charge in [-0.2, -0.15) is 4.98 Å². The summed E-state index contributed by atoms with van der Waals surface area (Å²) in [5.41, 5.74) is 0. The smallest absolute Gasteiger partial charge is 0.227 e. The van der Waals surface area contributed by atoms with E-state index in [2.05, 4.69) is 14.8 Å². The normalized spacial score (nSPS) is 21.1. The van der Waals surface area contributed by atoms with E-state index in [1.807, 2.05) is 12.3 Å². The molecule has 0 unspecified atom stereocenters. The third kappa shape index (κ3) is 2.56. The summed E-state index contributed by atoms with van der Waals surface area (Å²) in [4.78, 5) is 13.7. The number of hydrogen-bond donors (Lipinski definition) is 0. The van der Waals surface area contributed by atoms with E-state index in [0.29, 0.717) is 0 Å². The summed E-state index contributed by atoms with van der Waals surface area (Å²) in [5.74, 6) is 1.92.